The molecule has 0 spiro atoms. The molecule has 0 amide bonds. The number of hydrogen-bond donors (Lipinski definition) is 1. The molecule has 12 heteroatoms. The van der Waals surface area contributed by atoms with Crippen LogP contribution in [0.4, 0.5) is 10.3 Å². The van der Waals surface area contributed by atoms with Crippen LogP contribution in [0.15, 0.2) is 35.0 Å². The molecule has 6 heterocycles. The number of hydrogen-bond acceptors (Lipinski definition) is 9. The van der Waals surface area contributed by atoms with Crippen LogP contribution < -0.4 is 9.80 Å². The van der Waals surface area contributed by atoms with E-state index in [1.54, 1.807) is 33.3 Å². The molecule has 4 aromatic rings. The van der Waals surface area contributed by atoms with Gasteiger partial charge >= 0.3 is 11.9 Å². The van der Waals surface area contributed by atoms with Gasteiger partial charge in [0.1, 0.15) is 11.4 Å². The zero-order valence-corrected chi connectivity index (χ0v) is 27.5. The molecule has 0 aromatic carbocycles. The molecule has 0 radical (unpaired) electrons. The van der Waals surface area contributed by atoms with Crippen LogP contribution in [0.2, 0.25) is 0 Å². The van der Waals surface area contributed by atoms with Crippen LogP contribution >= 0.6 is 22.7 Å². The second-order valence-corrected chi connectivity index (χ2v) is 12.9. The first-order valence-corrected chi connectivity index (χ1v) is 17.2. The molecule has 0 saturated carbocycles. The second-order valence-electron chi connectivity index (χ2n) is 11.3. The Morgan fingerprint density at radius 2 is 1.20 bits per heavy atom. The van der Waals surface area contributed by atoms with Gasteiger partial charge in [0.25, 0.3) is 0 Å². The second kappa shape index (κ2) is 14.9. The molecule has 0 aliphatic carbocycles. The number of ether oxygens (including phenoxy) is 1. The maximum atomic E-state index is 12.1. The highest BCUT2D eigenvalue weighted by Gasteiger charge is 2.19. The minimum Gasteiger partial charge on any atom is -0.477 e. The number of carbonyl (C=O) groups excluding carboxylic acids is 1. The maximum absolute atomic E-state index is 12.1. The summed E-state index contributed by atoms with van der Waals surface area (Å²) < 4.78 is 8.92. The van der Waals surface area contributed by atoms with Crippen molar-refractivity contribution in [2.24, 2.45) is 0 Å². The molecule has 0 unspecified atom stereocenters. The van der Waals surface area contributed by atoms with Gasteiger partial charge in [-0.1, -0.05) is 0 Å². The van der Waals surface area contributed by atoms with Gasteiger partial charge in [-0.15, -0.1) is 22.7 Å². The van der Waals surface area contributed by atoms with Crippen LogP contribution in [0.1, 0.15) is 89.2 Å². The van der Waals surface area contributed by atoms with Crippen LogP contribution in [-0.4, -0.2) is 68.9 Å². The number of aryl methyl sites for hydroxylation is 2. The summed E-state index contributed by atoms with van der Waals surface area (Å²) in [7, 11) is 0. The Labute approximate surface area is 266 Å². The number of piperidine rings is 2. The van der Waals surface area contributed by atoms with Crippen molar-refractivity contribution in [2.75, 3.05) is 42.6 Å². The molecular formula is C32H42N6O4S2. The number of thiazole rings is 2. The first kappa shape index (κ1) is 31.8. The normalized spacial score (nSPS) is 15.2. The van der Waals surface area contributed by atoms with Crippen LogP contribution in [0.5, 0.6) is 0 Å². The molecule has 10 nitrogen and oxygen atoms in total. The Morgan fingerprint density at radius 1 is 0.750 bits per heavy atom. The van der Waals surface area contributed by atoms with Crippen molar-refractivity contribution in [2.45, 2.75) is 72.4 Å². The third kappa shape index (κ3) is 7.71. The number of carboxylic acid groups (broad SMARTS) is 1. The molecule has 1 N–H and O–H groups in total. The Kier molecular flexibility index (Phi) is 10.8. The molecule has 236 valence electrons. The highest BCUT2D eigenvalue weighted by atomic mass is 32.1. The number of aromatic carboxylic acids is 1. The molecule has 2 saturated heterocycles. The van der Waals surface area contributed by atoms with Gasteiger partial charge in [0.2, 0.25) is 0 Å². The summed E-state index contributed by atoms with van der Waals surface area (Å²) in [6, 6.07) is 7.26. The summed E-state index contributed by atoms with van der Waals surface area (Å²) in [6.45, 7) is 11.6. The SMILES string of the molecule is CCOC(=O)c1ccc(C)n1Cc1csc(N2CCCCC2)n1.Cc1ccc(C(=O)O)n1Cc1csc(N2CCCCC2)n1. The van der Waals surface area contributed by atoms with Crippen molar-refractivity contribution in [1.29, 1.82) is 0 Å². The van der Waals surface area contributed by atoms with Crippen molar-refractivity contribution < 1.29 is 19.4 Å². The van der Waals surface area contributed by atoms with Gasteiger partial charge in [-0.3, -0.25) is 0 Å². The zero-order chi connectivity index (χ0) is 31.1. The summed E-state index contributed by atoms with van der Waals surface area (Å²) in [5.74, 6) is -1.17. The van der Waals surface area contributed by atoms with E-state index < -0.39 is 5.97 Å². The third-order valence-electron chi connectivity index (χ3n) is 8.07. The quantitative estimate of drug-likeness (QED) is 0.208. The van der Waals surface area contributed by atoms with Gasteiger partial charge < -0.3 is 28.8 Å². The first-order valence-electron chi connectivity index (χ1n) is 15.5. The average Bonchev–Trinajstić information content (AvgIpc) is 3.84. The standard InChI is InChI=1S/C17H23N3O2S.C15H19N3O2S/c1-3-22-16(21)15-8-7-13(2)20(15)11-14-12-23-17(18-14)19-9-5-4-6-10-19;1-11-5-6-13(14(19)20)18(11)9-12-10-21-15(16-12)17-7-3-2-4-8-17/h7-8,12H,3-6,9-11H2,1-2H3;5-6,10H,2-4,7-9H2,1H3,(H,19,20). The van der Waals surface area contributed by atoms with E-state index in [1.165, 1.54) is 38.5 Å². The Balaban J connectivity index is 0.000000175. The summed E-state index contributed by atoms with van der Waals surface area (Å²) >= 11 is 3.35. The number of carbonyl (C=O) groups is 2. The van der Waals surface area contributed by atoms with E-state index in [4.69, 9.17) is 9.72 Å². The fraction of sp³-hybridized carbons (Fsp3) is 0.500. The molecule has 0 bridgehead atoms. The molecule has 6 rings (SSSR count). The van der Waals surface area contributed by atoms with Crippen LogP contribution in [-0.2, 0) is 17.8 Å². The summed E-state index contributed by atoms with van der Waals surface area (Å²) in [6.07, 6.45) is 7.58. The number of aromatic nitrogens is 4. The Bertz CT molecular complexity index is 1540. The summed E-state index contributed by atoms with van der Waals surface area (Å²) in [5.41, 5.74) is 4.83. The molecule has 4 aromatic heterocycles. The van der Waals surface area contributed by atoms with Gasteiger partial charge in [0.15, 0.2) is 10.3 Å². The lowest BCUT2D eigenvalue weighted by Crippen LogP contribution is -2.29. The predicted molar refractivity (Wildman–Crippen MR) is 176 cm³/mol. The van der Waals surface area contributed by atoms with E-state index in [2.05, 4.69) is 20.2 Å². The van der Waals surface area contributed by atoms with Crippen molar-refractivity contribution in [3.8, 4) is 0 Å². The Hall–Kier alpha value is -3.64. The summed E-state index contributed by atoms with van der Waals surface area (Å²) in [4.78, 5) is 37.4. The van der Waals surface area contributed by atoms with Crippen molar-refractivity contribution in [3.05, 3.63) is 69.2 Å². The number of nitrogens with zero attached hydrogens (tertiary/aromatic N) is 6. The third-order valence-corrected chi connectivity index (χ3v) is 9.97. The minimum absolute atomic E-state index is 0.271. The molecule has 0 atom stereocenters. The monoisotopic (exact) mass is 638 g/mol. The molecule has 2 aliphatic heterocycles. The lowest BCUT2D eigenvalue weighted by atomic mass is 10.1. The number of anilines is 2. The number of rotatable bonds is 9. The predicted octanol–water partition coefficient (Wildman–Crippen LogP) is 6.46. The smallest absolute Gasteiger partial charge is 0.354 e. The first-order chi connectivity index (χ1) is 21.3. The number of carboxylic acids is 1. The molecule has 44 heavy (non-hydrogen) atoms. The molecular weight excluding hydrogens is 597 g/mol. The maximum Gasteiger partial charge on any atom is 0.354 e. The van der Waals surface area contributed by atoms with Gasteiger partial charge in [0.05, 0.1) is 31.1 Å². The average molecular weight is 639 g/mol. The topological polar surface area (TPSA) is 106 Å². The molecule has 2 aliphatic rings. The van der Waals surface area contributed by atoms with E-state index >= 15 is 0 Å². The zero-order valence-electron chi connectivity index (χ0n) is 25.8. The lowest BCUT2D eigenvalue weighted by Gasteiger charge is -2.25. The van der Waals surface area contributed by atoms with Gasteiger partial charge in [-0.2, -0.15) is 0 Å². The minimum atomic E-state index is -0.894. The van der Waals surface area contributed by atoms with Crippen LogP contribution in [0.3, 0.4) is 0 Å². The highest BCUT2D eigenvalue weighted by Crippen LogP contribution is 2.26. The van der Waals surface area contributed by atoms with Crippen LogP contribution in [0.25, 0.3) is 0 Å². The summed E-state index contributed by atoms with van der Waals surface area (Å²) in [5, 5.41) is 15.5. The van der Waals surface area contributed by atoms with Crippen molar-refractivity contribution >= 4 is 44.9 Å². The Morgan fingerprint density at radius 3 is 1.66 bits per heavy atom. The highest BCUT2D eigenvalue weighted by molar-refractivity contribution is 7.14. The van der Waals surface area contributed by atoms with Crippen molar-refractivity contribution in [1.82, 2.24) is 19.1 Å². The largest absolute Gasteiger partial charge is 0.477 e. The fourth-order valence-corrected chi connectivity index (χ4v) is 7.39. The van der Waals surface area contributed by atoms with E-state index in [1.807, 2.05) is 48.9 Å². The van der Waals surface area contributed by atoms with Crippen LogP contribution in [0, 0.1) is 13.8 Å². The van der Waals surface area contributed by atoms with E-state index in [-0.39, 0.29) is 5.97 Å². The van der Waals surface area contributed by atoms with Crippen molar-refractivity contribution in [3.63, 3.8) is 0 Å². The number of esters is 1. The van der Waals surface area contributed by atoms with Gasteiger partial charge in [-0.25, -0.2) is 19.6 Å². The lowest BCUT2D eigenvalue weighted by molar-refractivity contribution is 0.0513. The van der Waals surface area contributed by atoms with E-state index in [9.17, 15) is 14.7 Å². The van der Waals surface area contributed by atoms with E-state index in [0.717, 1.165) is 59.2 Å². The van der Waals surface area contributed by atoms with Gasteiger partial charge in [-0.05, 0) is 83.6 Å². The fourth-order valence-electron chi connectivity index (χ4n) is 5.65. The molecule has 2 fully saturated rings. The van der Waals surface area contributed by atoms with E-state index in [0.29, 0.717) is 31.1 Å². The van der Waals surface area contributed by atoms with Gasteiger partial charge in [0, 0.05) is 48.3 Å².